The SMILES string of the molecule is Cc1cc(OCc2ccc(F)cc2)c2c3c(c(=O)oc2c1)CCCC3. The third-order valence-electron chi connectivity index (χ3n) is 4.74. The molecule has 0 radical (unpaired) electrons. The van der Waals surface area contributed by atoms with Gasteiger partial charge in [-0.05, 0) is 73.6 Å². The van der Waals surface area contributed by atoms with E-state index in [0.29, 0.717) is 12.2 Å². The number of fused-ring (bicyclic) bond motifs is 3. The minimum Gasteiger partial charge on any atom is -0.488 e. The zero-order valence-electron chi connectivity index (χ0n) is 14.1. The molecule has 0 N–H and O–H groups in total. The summed E-state index contributed by atoms with van der Waals surface area (Å²) in [6.07, 6.45) is 3.71. The summed E-state index contributed by atoms with van der Waals surface area (Å²) in [6.45, 7) is 2.29. The Kier molecular flexibility index (Phi) is 4.04. The average molecular weight is 338 g/mol. The lowest BCUT2D eigenvalue weighted by atomic mass is 9.90. The highest BCUT2D eigenvalue weighted by molar-refractivity contribution is 5.88. The zero-order chi connectivity index (χ0) is 17.4. The molecule has 4 rings (SSSR count). The van der Waals surface area contributed by atoms with Gasteiger partial charge in [0.1, 0.15) is 23.8 Å². The van der Waals surface area contributed by atoms with Gasteiger partial charge < -0.3 is 9.15 Å². The monoisotopic (exact) mass is 338 g/mol. The molecule has 1 aliphatic carbocycles. The maximum atomic E-state index is 13.1. The maximum Gasteiger partial charge on any atom is 0.339 e. The summed E-state index contributed by atoms with van der Waals surface area (Å²) >= 11 is 0. The minimum absolute atomic E-state index is 0.225. The first kappa shape index (κ1) is 15.9. The zero-order valence-corrected chi connectivity index (χ0v) is 14.1. The molecule has 25 heavy (non-hydrogen) atoms. The van der Waals surface area contributed by atoms with E-state index in [2.05, 4.69) is 0 Å². The summed E-state index contributed by atoms with van der Waals surface area (Å²) in [5.74, 6) is 0.460. The van der Waals surface area contributed by atoms with Crippen LogP contribution >= 0.6 is 0 Å². The second-order valence-corrected chi connectivity index (χ2v) is 6.61. The normalized spacial score (nSPS) is 13.7. The highest BCUT2D eigenvalue weighted by atomic mass is 19.1. The van der Waals surface area contributed by atoms with Crippen LogP contribution in [0.15, 0.2) is 45.6 Å². The molecule has 0 aliphatic heterocycles. The summed E-state index contributed by atoms with van der Waals surface area (Å²) in [5, 5.41) is 0.905. The molecule has 1 aromatic heterocycles. The minimum atomic E-state index is -0.263. The van der Waals surface area contributed by atoms with Crippen molar-refractivity contribution in [3.05, 3.63) is 74.9 Å². The number of aryl methyl sites for hydroxylation is 2. The van der Waals surface area contributed by atoms with Crippen LogP contribution in [0.3, 0.4) is 0 Å². The summed E-state index contributed by atoms with van der Waals surface area (Å²) in [5.41, 5.74) is 4.07. The molecule has 3 nitrogen and oxygen atoms in total. The molecule has 0 bridgehead atoms. The van der Waals surface area contributed by atoms with Gasteiger partial charge >= 0.3 is 5.63 Å². The van der Waals surface area contributed by atoms with Crippen LogP contribution in [0.2, 0.25) is 0 Å². The number of ether oxygens (including phenoxy) is 1. The number of hydrogen-bond acceptors (Lipinski definition) is 3. The number of rotatable bonds is 3. The molecule has 4 heteroatoms. The Morgan fingerprint density at radius 3 is 2.56 bits per heavy atom. The lowest BCUT2D eigenvalue weighted by Crippen LogP contribution is -2.16. The second kappa shape index (κ2) is 6.36. The molecule has 1 aliphatic rings. The Balaban J connectivity index is 1.79. The van der Waals surface area contributed by atoms with E-state index >= 15 is 0 Å². The van der Waals surface area contributed by atoms with Crippen molar-refractivity contribution < 1.29 is 13.5 Å². The Labute approximate surface area is 145 Å². The molecular weight excluding hydrogens is 319 g/mol. The Hall–Kier alpha value is -2.62. The lowest BCUT2D eigenvalue weighted by Gasteiger charge is -2.19. The van der Waals surface area contributed by atoms with E-state index in [1.54, 1.807) is 12.1 Å². The first-order chi connectivity index (χ1) is 12.1. The summed E-state index contributed by atoms with van der Waals surface area (Å²) in [6, 6.07) is 10.1. The number of halogens is 1. The maximum absolute atomic E-state index is 13.1. The van der Waals surface area contributed by atoms with E-state index in [0.717, 1.165) is 59.1 Å². The van der Waals surface area contributed by atoms with Crippen LogP contribution in [0.4, 0.5) is 4.39 Å². The molecule has 0 fully saturated rings. The van der Waals surface area contributed by atoms with Crippen molar-refractivity contribution >= 4 is 11.0 Å². The molecule has 0 amide bonds. The molecule has 0 unspecified atom stereocenters. The van der Waals surface area contributed by atoms with Crippen LogP contribution in [-0.4, -0.2) is 0 Å². The first-order valence-corrected chi connectivity index (χ1v) is 8.58. The van der Waals surface area contributed by atoms with Crippen molar-refractivity contribution in [2.75, 3.05) is 0 Å². The molecule has 0 spiro atoms. The van der Waals surface area contributed by atoms with Gasteiger partial charge in [0.2, 0.25) is 0 Å². The largest absolute Gasteiger partial charge is 0.488 e. The molecule has 0 saturated heterocycles. The molecule has 3 aromatic rings. The van der Waals surface area contributed by atoms with E-state index in [4.69, 9.17) is 9.15 Å². The predicted octanol–water partition coefficient (Wildman–Crippen LogP) is 4.70. The van der Waals surface area contributed by atoms with Crippen molar-refractivity contribution in [3.63, 3.8) is 0 Å². The summed E-state index contributed by atoms with van der Waals surface area (Å²) in [7, 11) is 0. The fourth-order valence-corrected chi connectivity index (χ4v) is 3.52. The highest BCUT2D eigenvalue weighted by Crippen LogP contribution is 2.34. The van der Waals surface area contributed by atoms with Gasteiger partial charge in [-0.25, -0.2) is 9.18 Å². The highest BCUT2D eigenvalue weighted by Gasteiger charge is 2.21. The van der Waals surface area contributed by atoms with Crippen molar-refractivity contribution in [1.82, 2.24) is 0 Å². The van der Waals surface area contributed by atoms with Gasteiger partial charge in [-0.2, -0.15) is 0 Å². The van der Waals surface area contributed by atoms with E-state index in [1.165, 1.54) is 12.1 Å². The van der Waals surface area contributed by atoms with Crippen LogP contribution in [0.5, 0.6) is 5.75 Å². The topological polar surface area (TPSA) is 39.4 Å². The second-order valence-electron chi connectivity index (χ2n) is 6.61. The van der Waals surface area contributed by atoms with Gasteiger partial charge in [-0.15, -0.1) is 0 Å². The third-order valence-corrected chi connectivity index (χ3v) is 4.74. The Morgan fingerprint density at radius 1 is 1.08 bits per heavy atom. The summed E-state index contributed by atoms with van der Waals surface area (Å²) < 4.78 is 24.7. The Bertz CT molecular complexity index is 987. The fourth-order valence-electron chi connectivity index (χ4n) is 3.52. The quantitative estimate of drug-likeness (QED) is 0.650. The van der Waals surface area contributed by atoms with E-state index in [9.17, 15) is 9.18 Å². The number of hydrogen-bond donors (Lipinski definition) is 0. The van der Waals surface area contributed by atoms with Gasteiger partial charge in [0.05, 0.1) is 5.39 Å². The number of benzene rings is 2. The predicted molar refractivity (Wildman–Crippen MR) is 94.6 cm³/mol. The lowest BCUT2D eigenvalue weighted by molar-refractivity contribution is 0.309. The molecule has 2 aromatic carbocycles. The standard InChI is InChI=1S/C21H19FO3/c1-13-10-18(24-12-14-6-8-15(22)9-7-14)20-16-4-2-3-5-17(16)21(23)25-19(20)11-13/h6-11H,2-5,12H2,1H3. The van der Waals surface area contributed by atoms with Gasteiger partial charge in [-0.1, -0.05) is 12.1 Å². The molecular formula is C21H19FO3. The van der Waals surface area contributed by atoms with Crippen LogP contribution in [0, 0.1) is 12.7 Å². The van der Waals surface area contributed by atoms with E-state index in [1.807, 2.05) is 19.1 Å². The van der Waals surface area contributed by atoms with Gasteiger partial charge in [0, 0.05) is 5.56 Å². The van der Waals surface area contributed by atoms with E-state index < -0.39 is 0 Å². The first-order valence-electron chi connectivity index (χ1n) is 8.58. The molecule has 128 valence electrons. The molecule has 0 atom stereocenters. The van der Waals surface area contributed by atoms with Crippen LogP contribution in [0.1, 0.15) is 35.1 Å². The molecule has 0 saturated carbocycles. The van der Waals surface area contributed by atoms with Gasteiger partial charge in [-0.3, -0.25) is 0 Å². The van der Waals surface area contributed by atoms with Gasteiger partial charge in [0.15, 0.2) is 0 Å². The van der Waals surface area contributed by atoms with E-state index in [-0.39, 0.29) is 11.4 Å². The van der Waals surface area contributed by atoms with Crippen molar-refractivity contribution in [3.8, 4) is 5.75 Å². The van der Waals surface area contributed by atoms with Crippen LogP contribution in [-0.2, 0) is 19.4 Å². The third kappa shape index (κ3) is 3.04. The molecule has 1 heterocycles. The van der Waals surface area contributed by atoms with Crippen LogP contribution < -0.4 is 10.4 Å². The van der Waals surface area contributed by atoms with Crippen LogP contribution in [0.25, 0.3) is 11.0 Å². The van der Waals surface area contributed by atoms with Crippen molar-refractivity contribution in [2.24, 2.45) is 0 Å². The van der Waals surface area contributed by atoms with Gasteiger partial charge in [0.25, 0.3) is 0 Å². The summed E-state index contributed by atoms with van der Waals surface area (Å²) in [4.78, 5) is 12.3. The van der Waals surface area contributed by atoms with Crippen molar-refractivity contribution in [1.29, 1.82) is 0 Å². The smallest absolute Gasteiger partial charge is 0.339 e. The Morgan fingerprint density at radius 2 is 1.80 bits per heavy atom. The van der Waals surface area contributed by atoms with Crippen molar-refractivity contribution in [2.45, 2.75) is 39.2 Å². The fraction of sp³-hybridized carbons (Fsp3) is 0.286. The average Bonchev–Trinajstić information content (AvgIpc) is 2.61.